The maximum absolute atomic E-state index is 11.4. The summed E-state index contributed by atoms with van der Waals surface area (Å²) in [5.41, 5.74) is 0.626. The van der Waals surface area contributed by atoms with Crippen molar-refractivity contribution in [1.82, 2.24) is 14.5 Å². The molecule has 0 unspecified atom stereocenters. The predicted molar refractivity (Wildman–Crippen MR) is 44.8 cm³/mol. The van der Waals surface area contributed by atoms with Gasteiger partial charge in [0.1, 0.15) is 6.33 Å². The number of hydrogen-bond donors (Lipinski definition) is 0. The van der Waals surface area contributed by atoms with Crippen LogP contribution in [0.2, 0.25) is 0 Å². The van der Waals surface area contributed by atoms with Crippen molar-refractivity contribution < 1.29 is 0 Å². The number of fused-ring (bicyclic) bond motifs is 1. The van der Waals surface area contributed by atoms with Crippen LogP contribution >= 0.6 is 0 Å². The molecule has 0 aliphatic carbocycles. The molecule has 0 fully saturated rings. The third kappa shape index (κ3) is 0.887. The van der Waals surface area contributed by atoms with Crippen molar-refractivity contribution in [2.75, 3.05) is 0 Å². The molecule has 0 spiro atoms. The fraction of sp³-hybridized carbons (Fsp3) is 0.125. The van der Waals surface area contributed by atoms with Gasteiger partial charge < -0.3 is 4.57 Å². The van der Waals surface area contributed by atoms with Gasteiger partial charge in [0.15, 0.2) is 0 Å². The van der Waals surface area contributed by atoms with Crippen molar-refractivity contribution in [2.45, 2.75) is 0 Å². The summed E-state index contributed by atoms with van der Waals surface area (Å²) in [6, 6.07) is 1.79. The summed E-state index contributed by atoms with van der Waals surface area (Å²) in [7, 11) is 1.70. The van der Waals surface area contributed by atoms with Gasteiger partial charge in [0, 0.05) is 19.4 Å². The normalized spacial score (nSPS) is 10.4. The van der Waals surface area contributed by atoms with Gasteiger partial charge in [-0.15, -0.1) is 0 Å². The Morgan fingerprint density at radius 2 is 2.33 bits per heavy atom. The summed E-state index contributed by atoms with van der Waals surface area (Å²) in [5.74, 6) is 0. The van der Waals surface area contributed by atoms with Gasteiger partial charge in [-0.3, -0.25) is 4.79 Å². The highest BCUT2D eigenvalue weighted by Crippen LogP contribution is 2.01. The monoisotopic (exact) mass is 161 g/mol. The Morgan fingerprint density at radius 1 is 1.50 bits per heavy atom. The van der Waals surface area contributed by atoms with Crippen LogP contribution in [-0.2, 0) is 7.05 Å². The predicted octanol–water partition coefficient (Wildman–Crippen LogP) is 0.328. The maximum atomic E-state index is 11.4. The van der Waals surface area contributed by atoms with Crippen LogP contribution in [0.3, 0.4) is 0 Å². The molecular formula is C8H7N3O. The summed E-state index contributed by atoms with van der Waals surface area (Å²) < 4.78 is 1.51. The van der Waals surface area contributed by atoms with Crippen LogP contribution in [0.1, 0.15) is 0 Å². The number of hydrogen-bond acceptors (Lipinski definition) is 3. The van der Waals surface area contributed by atoms with Gasteiger partial charge in [-0.2, -0.15) is 0 Å². The molecule has 2 rings (SSSR count). The standard InChI is InChI=1S/C8H7N3O/c1-11-3-2-7-6(8(11)12)4-9-5-10-7/h2-5H,1H3. The number of rotatable bonds is 0. The molecule has 0 saturated carbocycles. The zero-order valence-corrected chi connectivity index (χ0v) is 6.56. The molecule has 60 valence electrons. The van der Waals surface area contributed by atoms with Crippen LogP contribution in [0, 0.1) is 0 Å². The summed E-state index contributed by atoms with van der Waals surface area (Å²) in [6.45, 7) is 0. The quantitative estimate of drug-likeness (QED) is 0.559. The van der Waals surface area contributed by atoms with E-state index in [9.17, 15) is 4.79 Å². The lowest BCUT2D eigenvalue weighted by atomic mass is 10.3. The molecule has 0 atom stereocenters. The molecule has 0 bridgehead atoms. The first-order valence-electron chi connectivity index (χ1n) is 3.54. The fourth-order valence-electron chi connectivity index (χ4n) is 1.08. The minimum atomic E-state index is -0.0619. The molecule has 12 heavy (non-hydrogen) atoms. The van der Waals surface area contributed by atoms with E-state index in [4.69, 9.17) is 0 Å². The molecule has 2 heterocycles. The highest BCUT2D eigenvalue weighted by Gasteiger charge is 1.98. The van der Waals surface area contributed by atoms with Gasteiger partial charge in [0.25, 0.3) is 5.56 Å². The maximum Gasteiger partial charge on any atom is 0.261 e. The van der Waals surface area contributed by atoms with E-state index in [1.165, 1.54) is 17.1 Å². The van der Waals surface area contributed by atoms with E-state index in [1.807, 2.05) is 0 Å². The van der Waals surface area contributed by atoms with E-state index in [1.54, 1.807) is 19.3 Å². The van der Waals surface area contributed by atoms with Crippen molar-refractivity contribution in [3.63, 3.8) is 0 Å². The molecule has 0 radical (unpaired) electrons. The molecule has 2 aromatic heterocycles. The van der Waals surface area contributed by atoms with Crippen LogP contribution in [0.5, 0.6) is 0 Å². The van der Waals surface area contributed by atoms with Gasteiger partial charge >= 0.3 is 0 Å². The second-order valence-electron chi connectivity index (χ2n) is 2.55. The number of aromatic nitrogens is 3. The molecular weight excluding hydrogens is 154 g/mol. The average molecular weight is 161 g/mol. The molecule has 0 aromatic carbocycles. The lowest BCUT2D eigenvalue weighted by Crippen LogP contribution is -2.15. The third-order valence-electron chi connectivity index (χ3n) is 1.75. The minimum Gasteiger partial charge on any atom is -0.318 e. The molecule has 0 saturated heterocycles. The highest BCUT2D eigenvalue weighted by molar-refractivity contribution is 5.75. The zero-order chi connectivity index (χ0) is 8.55. The van der Waals surface area contributed by atoms with Crippen LogP contribution < -0.4 is 5.56 Å². The van der Waals surface area contributed by atoms with Crippen molar-refractivity contribution in [3.05, 3.63) is 35.1 Å². The lowest BCUT2D eigenvalue weighted by molar-refractivity contribution is 0.870. The second kappa shape index (κ2) is 2.41. The smallest absolute Gasteiger partial charge is 0.261 e. The molecule has 0 amide bonds. The Balaban J connectivity index is 3.01. The van der Waals surface area contributed by atoms with E-state index in [0.29, 0.717) is 10.9 Å². The number of aryl methyl sites for hydroxylation is 1. The van der Waals surface area contributed by atoms with E-state index in [2.05, 4.69) is 9.97 Å². The topological polar surface area (TPSA) is 47.8 Å². The molecule has 0 aliphatic rings. The summed E-state index contributed by atoms with van der Waals surface area (Å²) in [6.07, 6.45) is 4.66. The van der Waals surface area contributed by atoms with Gasteiger partial charge in [-0.1, -0.05) is 0 Å². The Bertz CT molecular complexity index is 475. The second-order valence-corrected chi connectivity index (χ2v) is 2.55. The van der Waals surface area contributed by atoms with Crippen LogP contribution in [0.4, 0.5) is 0 Å². The van der Waals surface area contributed by atoms with E-state index in [0.717, 1.165) is 0 Å². The van der Waals surface area contributed by atoms with Gasteiger partial charge in [0.05, 0.1) is 10.9 Å². The lowest BCUT2D eigenvalue weighted by Gasteiger charge is -1.97. The zero-order valence-electron chi connectivity index (χ0n) is 6.56. The third-order valence-corrected chi connectivity index (χ3v) is 1.75. The first-order chi connectivity index (χ1) is 5.79. The molecule has 0 aliphatic heterocycles. The summed E-state index contributed by atoms with van der Waals surface area (Å²) >= 11 is 0. The van der Waals surface area contributed by atoms with Crippen molar-refractivity contribution >= 4 is 10.9 Å². The Hall–Kier alpha value is -1.71. The SMILES string of the molecule is Cn1ccc2ncncc2c1=O. The van der Waals surface area contributed by atoms with Crippen LogP contribution in [-0.4, -0.2) is 14.5 Å². The van der Waals surface area contributed by atoms with E-state index in [-0.39, 0.29) is 5.56 Å². The number of nitrogens with zero attached hydrogens (tertiary/aromatic N) is 3. The first kappa shape index (κ1) is 6.97. The fourth-order valence-corrected chi connectivity index (χ4v) is 1.08. The average Bonchev–Trinajstić information content (AvgIpc) is 2.12. The van der Waals surface area contributed by atoms with Crippen LogP contribution in [0.15, 0.2) is 29.6 Å². The Kier molecular flexibility index (Phi) is 1.40. The van der Waals surface area contributed by atoms with Crippen LogP contribution in [0.25, 0.3) is 10.9 Å². The van der Waals surface area contributed by atoms with Crippen molar-refractivity contribution in [3.8, 4) is 0 Å². The van der Waals surface area contributed by atoms with Gasteiger partial charge in [-0.05, 0) is 6.07 Å². The van der Waals surface area contributed by atoms with Gasteiger partial charge in [-0.25, -0.2) is 9.97 Å². The number of pyridine rings is 1. The summed E-state index contributed by atoms with van der Waals surface area (Å²) in [5, 5.41) is 0.558. The molecule has 0 N–H and O–H groups in total. The first-order valence-corrected chi connectivity index (χ1v) is 3.54. The van der Waals surface area contributed by atoms with Gasteiger partial charge in [0.2, 0.25) is 0 Å². The Morgan fingerprint density at radius 3 is 3.17 bits per heavy atom. The highest BCUT2D eigenvalue weighted by atomic mass is 16.1. The van der Waals surface area contributed by atoms with E-state index < -0.39 is 0 Å². The largest absolute Gasteiger partial charge is 0.318 e. The molecule has 4 nitrogen and oxygen atoms in total. The van der Waals surface area contributed by atoms with Crippen molar-refractivity contribution in [1.29, 1.82) is 0 Å². The van der Waals surface area contributed by atoms with Crippen molar-refractivity contribution in [2.24, 2.45) is 7.05 Å². The Labute approximate surface area is 68.5 Å². The summed E-state index contributed by atoms with van der Waals surface area (Å²) in [4.78, 5) is 19.2. The molecule has 4 heteroatoms. The molecule has 2 aromatic rings. The minimum absolute atomic E-state index is 0.0619. The van der Waals surface area contributed by atoms with E-state index >= 15 is 0 Å².